The molecule has 1 aliphatic carbocycles. The number of ether oxygens (including phenoxy) is 1. The summed E-state index contributed by atoms with van der Waals surface area (Å²) in [4.78, 5) is 37.0. The molecule has 1 saturated carbocycles. The summed E-state index contributed by atoms with van der Waals surface area (Å²) in [5, 5.41) is 28.1. The quantitative estimate of drug-likeness (QED) is 0.131. The van der Waals surface area contributed by atoms with Gasteiger partial charge in [-0.05, 0) is 54.5 Å². The summed E-state index contributed by atoms with van der Waals surface area (Å²) in [6.07, 6.45) is -1.43. The predicted molar refractivity (Wildman–Crippen MR) is 204 cm³/mol. The number of hydrogen-bond acceptors (Lipinski definition) is 7. The Bertz CT molecular complexity index is 2100. The van der Waals surface area contributed by atoms with Gasteiger partial charge >= 0.3 is 0 Å². The topological polar surface area (TPSA) is 124 Å². The Kier molecular flexibility index (Phi) is 10.4. The number of pyridine rings is 1. The SMILES string of the molecule is O=C(N[C@@H]1CC[C@@H](CO)OC1)[C@H]1[C@H](c2cccc(Cl)c2F)[C@]2(C(=O)Nc3nc(Cl)ccc32)C2(CC(CF)(CF)C2)N1[C@H](c1ccccc1)[C@@H](O)c1ccccc1. The molecule has 14 heteroatoms. The highest BCUT2D eigenvalue weighted by molar-refractivity contribution is 6.31. The Hall–Kier alpha value is -4.04. The van der Waals surface area contributed by atoms with E-state index < -0.39 is 83.6 Å². The molecule has 8 rings (SSSR count). The van der Waals surface area contributed by atoms with Gasteiger partial charge in [0.05, 0.1) is 61.9 Å². The van der Waals surface area contributed by atoms with E-state index in [-0.39, 0.29) is 53.2 Å². The van der Waals surface area contributed by atoms with Gasteiger partial charge in [0.15, 0.2) is 0 Å². The lowest BCUT2D eigenvalue weighted by atomic mass is 9.45. The van der Waals surface area contributed by atoms with Crippen molar-refractivity contribution >= 4 is 40.8 Å². The van der Waals surface area contributed by atoms with Crippen LogP contribution in [-0.4, -0.2) is 82.2 Å². The zero-order valence-corrected chi connectivity index (χ0v) is 31.7. The number of carbonyl (C=O) groups excluding carboxylic acids is 2. The number of likely N-dealkylation sites (tertiary alicyclic amines) is 1. The maximum atomic E-state index is 16.9. The highest BCUT2D eigenvalue weighted by Gasteiger charge is 2.82. The van der Waals surface area contributed by atoms with Crippen LogP contribution in [0.15, 0.2) is 91.0 Å². The van der Waals surface area contributed by atoms with Crippen LogP contribution >= 0.6 is 23.2 Å². The molecule has 294 valence electrons. The molecule has 2 amide bonds. The molecule has 0 radical (unpaired) electrons. The van der Waals surface area contributed by atoms with Crippen molar-refractivity contribution in [1.82, 2.24) is 15.2 Å². The third-order valence-corrected chi connectivity index (χ3v) is 13.0. The number of rotatable bonds is 10. The molecule has 56 heavy (non-hydrogen) atoms. The molecule has 4 N–H and O–H groups in total. The summed E-state index contributed by atoms with van der Waals surface area (Å²) in [5.41, 5.74) is -3.92. The minimum Gasteiger partial charge on any atom is -0.394 e. The average Bonchev–Trinajstić information content (AvgIpc) is 3.64. The molecule has 4 aliphatic rings. The molecule has 2 saturated heterocycles. The van der Waals surface area contributed by atoms with Gasteiger partial charge in [0.2, 0.25) is 11.8 Å². The van der Waals surface area contributed by atoms with Crippen LogP contribution in [0, 0.1) is 11.2 Å². The van der Waals surface area contributed by atoms with Crippen LogP contribution in [0.3, 0.4) is 0 Å². The second kappa shape index (κ2) is 15.0. The standard InChI is InChI=1S/C42H41Cl2F3N4O5/c43-30-13-7-12-28(33(30)47)32-35(38(54)48-26-14-15-27(18-52)56-19-26)51(34(24-8-3-1-4-9-24)36(53)25-10-5-2-6-11-25)41(20-40(21-41,22-45)23-46)42(32)29-16-17-31(44)49-37(29)50-39(42)55/h1-13,16-17,26-27,32,34-36,52-53H,14-15,18-23H2,(H,48,54)(H,49,50,55)/t26-,27+,32+,34-,35-,36+,42-/m1/s1. The molecule has 1 aromatic heterocycles. The van der Waals surface area contributed by atoms with Crippen molar-refractivity contribution in [3.05, 3.63) is 129 Å². The van der Waals surface area contributed by atoms with Crippen LogP contribution in [-0.2, 0) is 19.7 Å². The van der Waals surface area contributed by atoms with Gasteiger partial charge in [-0.15, -0.1) is 0 Å². The number of halogens is 5. The number of aromatic nitrogens is 1. The average molecular weight is 810 g/mol. The Labute approximate surface area is 332 Å². The van der Waals surface area contributed by atoms with E-state index in [9.17, 15) is 10.2 Å². The van der Waals surface area contributed by atoms with Crippen molar-refractivity contribution in [1.29, 1.82) is 0 Å². The molecular formula is C42H41Cl2F3N4O5. The Morgan fingerprint density at radius 2 is 1.64 bits per heavy atom. The first-order valence-electron chi connectivity index (χ1n) is 18.7. The maximum absolute atomic E-state index is 16.9. The summed E-state index contributed by atoms with van der Waals surface area (Å²) in [7, 11) is 0. The molecule has 3 aromatic carbocycles. The Balaban J connectivity index is 1.45. The molecule has 9 nitrogen and oxygen atoms in total. The fraction of sp³-hybridized carbons (Fsp3) is 0.405. The van der Waals surface area contributed by atoms with Gasteiger partial charge in [-0.1, -0.05) is 102 Å². The van der Waals surface area contributed by atoms with Gasteiger partial charge in [0.25, 0.3) is 0 Å². The summed E-state index contributed by atoms with van der Waals surface area (Å²) < 4.78 is 53.3. The lowest BCUT2D eigenvalue weighted by Crippen LogP contribution is -2.72. The van der Waals surface area contributed by atoms with E-state index >= 15 is 22.8 Å². The zero-order valence-electron chi connectivity index (χ0n) is 30.2. The minimum absolute atomic E-state index is 0.0559. The number of hydrogen-bond donors (Lipinski definition) is 4. The first kappa shape index (κ1) is 38.8. The highest BCUT2D eigenvalue weighted by atomic mass is 35.5. The van der Waals surface area contributed by atoms with E-state index in [2.05, 4.69) is 15.6 Å². The number of amides is 2. The number of anilines is 1. The normalized spacial score (nSPS) is 27.4. The molecule has 0 unspecified atom stereocenters. The van der Waals surface area contributed by atoms with Gasteiger partial charge in [0, 0.05) is 22.4 Å². The van der Waals surface area contributed by atoms with Crippen molar-refractivity contribution < 1.29 is 37.7 Å². The van der Waals surface area contributed by atoms with Crippen LogP contribution in [0.5, 0.6) is 0 Å². The lowest BCUT2D eigenvalue weighted by molar-refractivity contribution is -0.166. The number of carbonyl (C=O) groups is 2. The highest BCUT2D eigenvalue weighted by Crippen LogP contribution is 2.74. The van der Waals surface area contributed by atoms with Crippen molar-refractivity contribution in [3.8, 4) is 0 Å². The van der Waals surface area contributed by atoms with Gasteiger partial charge < -0.3 is 25.6 Å². The largest absolute Gasteiger partial charge is 0.394 e. The summed E-state index contributed by atoms with van der Waals surface area (Å²) >= 11 is 12.9. The maximum Gasteiger partial charge on any atom is 0.238 e. The van der Waals surface area contributed by atoms with E-state index in [0.29, 0.717) is 24.0 Å². The molecule has 2 spiro atoms. The summed E-state index contributed by atoms with van der Waals surface area (Å²) in [6.45, 7) is -2.26. The second-order valence-corrected chi connectivity index (χ2v) is 16.3. The molecule has 3 fully saturated rings. The van der Waals surface area contributed by atoms with Crippen molar-refractivity contribution in [2.45, 2.75) is 72.9 Å². The third kappa shape index (κ3) is 5.94. The number of benzene rings is 3. The Morgan fingerprint density at radius 3 is 2.27 bits per heavy atom. The first-order valence-corrected chi connectivity index (χ1v) is 19.4. The van der Waals surface area contributed by atoms with E-state index in [1.54, 1.807) is 71.6 Å². The van der Waals surface area contributed by atoms with E-state index in [0.717, 1.165) is 0 Å². The molecule has 4 aromatic rings. The third-order valence-electron chi connectivity index (χ3n) is 12.5. The van der Waals surface area contributed by atoms with Crippen LogP contribution < -0.4 is 10.6 Å². The number of aliphatic hydroxyl groups excluding tert-OH is 2. The second-order valence-electron chi connectivity index (χ2n) is 15.5. The fourth-order valence-electron chi connectivity index (χ4n) is 10.2. The van der Waals surface area contributed by atoms with Crippen molar-refractivity contribution in [2.24, 2.45) is 5.41 Å². The number of nitrogens with one attached hydrogen (secondary N) is 2. The number of fused-ring (bicyclic) bond motifs is 3. The van der Waals surface area contributed by atoms with E-state index in [4.69, 9.17) is 27.9 Å². The zero-order chi connectivity index (χ0) is 39.4. The molecular weight excluding hydrogens is 768 g/mol. The summed E-state index contributed by atoms with van der Waals surface area (Å²) in [5.74, 6) is -3.48. The smallest absolute Gasteiger partial charge is 0.238 e. The fourth-order valence-corrected chi connectivity index (χ4v) is 10.5. The van der Waals surface area contributed by atoms with Crippen LogP contribution in [0.25, 0.3) is 0 Å². The predicted octanol–water partition coefficient (Wildman–Crippen LogP) is 6.77. The number of aliphatic hydroxyl groups is 2. The minimum atomic E-state index is -1.93. The lowest BCUT2D eigenvalue weighted by Gasteiger charge is -2.63. The van der Waals surface area contributed by atoms with Crippen LogP contribution in [0.2, 0.25) is 10.2 Å². The van der Waals surface area contributed by atoms with E-state index in [1.165, 1.54) is 24.3 Å². The van der Waals surface area contributed by atoms with Crippen molar-refractivity contribution in [3.63, 3.8) is 0 Å². The van der Waals surface area contributed by atoms with Crippen LogP contribution in [0.4, 0.5) is 19.0 Å². The van der Waals surface area contributed by atoms with Crippen molar-refractivity contribution in [2.75, 3.05) is 31.9 Å². The molecule has 4 heterocycles. The molecule has 0 bridgehead atoms. The molecule has 7 atom stereocenters. The van der Waals surface area contributed by atoms with Gasteiger partial charge in [-0.2, -0.15) is 0 Å². The summed E-state index contributed by atoms with van der Waals surface area (Å²) in [6, 6.07) is 22.0. The van der Waals surface area contributed by atoms with Gasteiger partial charge in [-0.25, -0.2) is 9.37 Å². The van der Waals surface area contributed by atoms with Gasteiger partial charge in [0.1, 0.15) is 22.2 Å². The Morgan fingerprint density at radius 1 is 0.964 bits per heavy atom. The van der Waals surface area contributed by atoms with Crippen LogP contribution in [0.1, 0.15) is 66.0 Å². The monoisotopic (exact) mass is 808 g/mol. The molecule has 3 aliphatic heterocycles. The first-order chi connectivity index (χ1) is 27.0. The van der Waals surface area contributed by atoms with E-state index in [1.807, 2.05) is 0 Å². The number of nitrogens with zero attached hydrogens (tertiary/aromatic N) is 2. The van der Waals surface area contributed by atoms with Gasteiger partial charge in [-0.3, -0.25) is 23.3 Å². The number of alkyl halides is 2.